The molecule has 0 aromatic heterocycles. The van der Waals surface area contributed by atoms with Crippen LogP contribution < -0.4 is 4.74 Å². The van der Waals surface area contributed by atoms with E-state index < -0.39 is 12.0 Å². The van der Waals surface area contributed by atoms with Crippen LogP contribution in [0.5, 0.6) is 5.75 Å². The lowest BCUT2D eigenvalue weighted by molar-refractivity contribution is -0.138. The standard InChI is InChI=1S/C17H24NO3/c1-17(2,3)8-6-14(16(19)20)18-11-12-4-5-13-7-9-21-15(13)10-12/h4-5,10,14H,6-9,11H2,1-3H3,(H,19,20)/q-1. The third-order valence-electron chi connectivity index (χ3n) is 3.71. The van der Waals surface area contributed by atoms with Gasteiger partial charge in [-0.15, -0.1) is 6.54 Å². The topological polar surface area (TPSA) is 60.6 Å². The summed E-state index contributed by atoms with van der Waals surface area (Å²) >= 11 is 0. The molecule has 0 amide bonds. The van der Waals surface area contributed by atoms with Crippen molar-refractivity contribution in [3.63, 3.8) is 0 Å². The number of nitrogens with zero attached hydrogens (tertiary/aromatic N) is 1. The molecule has 0 radical (unpaired) electrons. The predicted molar refractivity (Wildman–Crippen MR) is 82.8 cm³/mol. The fraction of sp³-hybridized carbons (Fsp3) is 0.588. The molecule has 1 aliphatic rings. The van der Waals surface area contributed by atoms with Crippen LogP contribution in [0.3, 0.4) is 0 Å². The summed E-state index contributed by atoms with van der Waals surface area (Å²) in [6.07, 6.45) is 2.39. The molecule has 1 unspecified atom stereocenters. The van der Waals surface area contributed by atoms with E-state index in [1.807, 2.05) is 12.1 Å². The molecule has 116 valence electrons. The van der Waals surface area contributed by atoms with E-state index in [0.717, 1.165) is 30.8 Å². The first-order valence-electron chi connectivity index (χ1n) is 7.49. The van der Waals surface area contributed by atoms with Crippen LogP contribution in [0, 0.1) is 5.41 Å². The van der Waals surface area contributed by atoms with Crippen molar-refractivity contribution in [1.29, 1.82) is 0 Å². The molecule has 2 rings (SSSR count). The average molecular weight is 290 g/mol. The van der Waals surface area contributed by atoms with E-state index in [9.17, 15) is 9.90 Å². The lowest BCUT2D eigenvalue weighted by Crippen LogP contribution is -2.22. The Morgan fingerprint density at radius 1 is 1.43 bits per heavy atom. The van der Waals surface area contributed by atoms with Gasteiger partial charge in [0.1, 0.15) is 5.75 Å². The maximum Gasteiger partial charge on any atom is 0.285 e. The lowest BCUT2D eigenvalue weighted by atomic mass is 9.88. The van der Waals surface area contributed by atoms with Crippen LogP contribution in [0.15, 0.2) is 18.2 Å². The van der Waals surface area contributed by atoms with E-state index in [2.05, 4.69) is 32.2 Å². The van der Waals surface area contributed by atoms with E-state index in [1.165, 1.54) is 5.56 Å². The molecular weight excluding hydrogens is 266 g/mol. The summed E-state index contributed by atoms with van der Waals surface area (Å²) in [5, 5.41) is 13.7. The highest BCUT2D eigenvalue weighted by molar-refractivity contribution is 5.76. The number of hydrogen-bond acceptors (Lipinski definition) is 2. The van der Waals surface area contributed by atoms with Crippen LogP contribution >= 0.6 is 0 Å². The summed E-state index contributed by atoms with van der Waals surface area (Å²) in [5.41, 5.74) is 2.36. The molecule has 1 aromatic rings. The van der Waals surface area contributed by atoms with Gasteiger partial charge in [0.15, 0.2) is 0 Å². The van der Waals surface area contributed by atoms with Crippen molar-refractivity contribution in [2.24, 2.45) is 5.41 Å². The first kappa shape index (κ1) is 15.8. The van der Waals surface area contributed by atoms with E-state index in [0.29, 0.717) is 13.0 Å². The Kier molecular flexibility index (Phi) is 4.88. The fourth-order valence-electron chi connectivity index (χ4n) is 2.39. The van der Waals surface area contributed by atoms with Gasteiger partial charge in [-0.25, -0.2) is 0 Å². The van der Waals surface area contributed by atoms with Crippen LogP contribution in [-0.4, -0.2) is 23.7 Å². The zero-order valence-electron chi connectivity index (χ0n) is 13.1. The van der Waals surface area contributed by atoms with Gasteiger partial charge >= 0.3 is 0 Å². The van der Waals surface area contributed by atoms with Gasteiger partial charge in [0.25, 0.3) is 5.97 Å². The van der Waals surface area contributed by atoms with Crippen molar-refractivity contribution in [2.45, 2.75) is 52.6 Å². The second-order valence-electron chi connectivity index (χ2n) is 6.83. The monoisotopic (exact) mass is 290 g/mol. The van der Waals surface area contributed by atoms with Gasteiger partial charge in [-0.1, -0.05) is 44.9 Å². The largest absolute Gasteiger partial charge is 0.646 e. The number of aliphatic carboxylic acids is 1. The highest BCUT2D eigenvalue weighted by Gasteiger charge is 2.15. The first-order valence-corrected chi connectivity index (χ1v) is 7.49. The van der Waals surface area contributed by atoms with E-state index in [1.54, 1.807) is 0 Å². The maximum atomic E-state index is 11.3. The molecule has 0 saturated carbocycles. The average Bonchev–Trinajstić information content (AvgIpc) is 2.84. The number of rotatable bonds is 6. The number of carboxylic acid groups (broad SMARTS) is 1. The third-order valence-corrected chi connectivity index (χ3v) is 3.71. The van der Waals surface area contributed by atoms with E-state index >= 15 is 0 Å². The SMILES string of the molecule is CC(C)(C)CCC([N-]Cc1ccc2c(c1)OCC2)C(=O)O. The van der Waals surface area contributed by atoms with Crippen molar-refractivity contribution in [3.8, 4) is 5.75 Å². The summed E-state index contributed by atoms with van der Waals surface area (Å²) in [6.45, 7) is 7.51. The van der Waals surface area contributed by atoms with E-state index in [-0.39, 0.29) is 5.41 Å². The highest BCUT2D eigenvalue weighted by Crippen LogP contribution is 2.28. The number of fused-ring (bicyclic) bond motifs is 1. The van der Waals surface area contributed by atoms with Crippen molar-refractivity contribution < 1.29 is 14.6 Å². The molecule has 1 aromatic carbocycles. The Labute approximate surface area is 126 Å². The number of carboxylic acids is 1. The fourth-order valence-corrected chi connectivity index (χ4v) is 2.39. The quantitative estimate of drug-likeness (QED) is 0.867. The molecule has 21 heavy (non-hydrogen) atoms. The number of benzene rings is 1. The highest BCUT2D eigenvalue weighted by atomic mass is 16.5. The van der Waals surface area contributed by atoms with Crippen LogP contribution in [0.4, 0.5) is 0 Å². The van der Waals surface area contributed by atoms with Gasteiger partial charge in [-0.2, -0.15) is 0 Å². The van der Waals surface area contributed by atoms with Gasteiger partial charge < -0.3 is 15.2 Å². The molecule has 1 N–H and O–H groups in total. The summed E-state index contributed by atoms with van der Waals surface area (Å²) in [6, 6.07) is 5.42. The number of ether oxygens (including phenoxy) is 1. The van der Waals surface area contributed by atoms with Crippen molar-refractivity contribution in [2.75, 3.05) is 6.61 Å². The molecular formula is C17H24NO3-. The summed E-state index contributed by atoms with van der Waals surface area (Å²) in [5.74, 6) is 0.0842. The van der Waals surface area contributed by atoms with Crippen molar-refractivity contribution in [1.82, 2.24) is 0 Å². The smallest absolute Gasteiger partial charge is 0.285 e. The van der Waals surface area contributed by atoms with Crippen LogP contribution in [0.25, 0.3) is 5.32 Å². The first-order chi connectivity index (χ1) is 9.85. The molecule has 0 aliphatic carbocycles. The molecule has 0 saturated heterocycles. The minimum Gasteiger partial charge on any atom is -0.646 e. The molecule has 0 spiro atoms. The Bertz CT molecular complexity index is 505. The Balaban J connectivity index is 1.91. The van der Waals surface area contributed by atoms with Gasteiger partial charge in [0.2, 0.25) is 0 Å². The minimum atomic E-state index is -0.836. The minimum absolute atomic E-state index is 0.130. The molecule has 1 atom stereocenters. The van der Waals surface area contributed by atoms with Gasteiger partial charge in [0, 0.05) is 6.42 Å². The van der Waals surface area contributed by atoms with Crippen LogP contribution in [-0.2, 0) is 17.8 Å². The van der Waals surface area contributed by atoms with Crippen LogP contribution in [0.2, 0.25) is 0 Å². The zero-order chi connectivity index (χ0) is 15.5. The molecule has 4 heteroatoms. The van der Waals surface area contributed by atoms with E-state index in [4.69, 9.17) is 4.74 Å². The normalized spacial score (nSPS) is 15.4. The van der Waals surface area contributed by atoms with Crippen LogP contribution in [0.1, 0.15) is 44.7 Å². The lowest BCUT2D eigenvalue weighted by Gasteiger charge is -2.30. The van der Waals surface area contributed by atoms with Gasteiger partial charge in [-0.3, -0.25) is 4.79 Å². The molecule has 0 bridgehead atoms. The Morgan fingerprint density at radius 2 is 2.19 bits per heavy atom. The van der Waals surface area contributed by atoms with Gasteiger partial charge in [-0.05, 0) is 29.5 Å². The molecule has 1 aliphatic heterocycles. The molecule has 1 heterocycles. The third kappa shape index (κ3) is 4.74. The number of carbonyl (C=O) groups is 1. The Hall–Kier alpha value is -1.55. The van der Waals surface area contributed by atoms with Gasteiger partial charge in [0.05, 0.1) is 6.61 Å². The summed E-state index contributed by atoms with van der Waals surface area (Å²) < 4.78 is 5.53. The maximum absolute atomic E-state index is 11.3. The second kappa shape index (κ2) is 6.48. The van der Waals surface area contributed by atoms with Crippen molar-refractivity contribution >= 4 is 5.97 Å². The van der Waals surface area contributed by atoms with Crippen molar-refractivity contribution in [3.05, 3.63) is 34.6 Å². The predicted octanol–water partition coefficient (Wildman–Crippen LogP) is 3.77. The number of hydrogen-bond donors (Lipinski definition) is 1. The molecule has 0 fully saturated rings. The molecule has 4 nitrogen and oxygen atoms in total. The summed E-state index contributed by atoms with van der Waals surface area (Å²) in [7, 11) is 0. The zero-order valence-corrected chi connectivity index (χ0v) is 13.1. The summed E-state index contributed by atoms with van der Waals surface area (Å²) in [4.78, 5) is 11.3. The second-order valence-corrected chi connectivity index (χ2v) is 6.83. The Morgan fingerprint density at radius 3 is 2.86 bits per heavy atom.